The van der Waals surface area contributed by atoms with Crippen LogP contribution in [0.1, 0.15) is 51.4 Å². The third-order valence-electron chi connectivity index (χ3n) is 3.38. The van der Waals surface area contributed by atoms with E-state index in [2.05, 4.69) is 10.6 Å². The zero-order valence-electron chi connectivity index (χ0n) is 15.1. The Bertz CT molecular complexity index is 691. The summed E-state index contributed by atoms with van der Waals surface area (Å²) in [6.45, 7) is 9.18. The van der Waals surface area contributed by atoms with Gasteiger partial charge in [0.2, 0.25) is 0 Å². The molecule has 7 nitrogen and oxygen atoms in total. The van der Waals surface area contributed by atoms with Gasteiger partial charge in [-0.15, -0.1) is 0 Å². The van der Waals surface area contributed by atoms with E-state index in [1.54, 1.807) is 26.8 Å². The number of hydrogen-bond donors (Lipinski definition) is 2. The number of nitrogens with one attached hydrogen (secondary N) is 2. The second-order valence-corrected chi connectivity index (χ2v) is 7.41. The molecule has 1 heterocycles. The van der Waals surface area contributed by atoms with Gasteiger partial charge in [-0.1, -0.05) is 13.8 Å². The standard InChI is InChI=1S/C18H24N2O5/c1-10(2)8-13-16(22)24-14-7-6-11(9-12(14)15(21)20-13)19-17(23)25-18(3,4)5/h6-7,9-10,13H,8H2,1-5H3,(H,19,23)(H,20,21)/t13-/m0/s1. The largest absolute Gasteiger partial charge is 0.444 e. The summed E-state index contributed by atoms with van der Waals surface area (Å²) < 4.78 is 10.5. The number of carbonyl (C=O) groups is 3. The van der Waals surface area contributed by atoms with Crippen molar-refractivity contribution in [3.63, 3.8) is 0 Å². The van der Waals surface area contributed by atoms with Crippen molar-refractivity contribution in [3.8, 4) is 5.75 Å². The van der Waals surface area contributed by atoms with Gasteiger partial charge in [0, 0.05) is 5.69 Å². The topological polar surface area (TPSA) is 93.7 Å². The first-order valence-corrected chi connectivity index (χ1v) is 8.22. The predicted octanol–water partition coefficient (Wildman–Crippen LogP) is 3.10. The first-order chi connectivity index (χ1) is 11.5. The summed E-state index contributed by atoms with van der Waals surface area (Å²) >= 11 is 0. The number of benzene rings is 1. The monoisotopic (exact) mass is 348 g/mol. The quantitative estimate of drug-likeness (QED) is 0.647. The highest BCUT2D eigenvalue weighted by atomic mass is 16.6. The summed E-state index contributed by atoms with van der Waals surface area (Å²) in [7, 11) is 0. The number of ether oxygens (including phenoxy) is 2. The van der Waals surface area contributed by atoms with E-state index in [1.165, 1.54) is 12.1 Å². The minimum Gasteiger partial charge on any atom is -0.444 e. The van der Waals surface area contributed by atoms with Crippen molar-refractivity contribution < 1.29 is 23.9 Å². The Morgan fingerprint density at radius 3 is 2.60 bits per heavy atom. The Hall–Kier alpha value is -2.57. The van der Waals surface area contributed by atoms with Gasteiger partial charge in [0.1, 0.15) is 17.4 Å². The van der Waals surface area contributed by atoms with Crippen molar-refractivity contribution >= 4 is 23.7 Å². The molecule has 0 spiro atoms. The first-order valence-electron chi connectivity index (χ1n) is 8.22. The van der Waals surface area contributed by atoms with E-state index >= 15 is 0 Å². The molecule has 0 aliphatic carbocycles. The van der Waals surface area contributed by atoms with Gasteiger partial charge in [-0.2, -0.15) is 0 Å². The summed E-state index contributed by atoms with van der Waals surface area (Å²) in [4.78, 5) is 36.4. The van der Waals surface area contributed by atoms with Gasteiger partial charge < -0.3 is 14.8 Å². The van der Waals surface area contributed by atoms with Crippen LogP contribution >= 0.6 is 0 Å². The molecule has 0 unspecified atom stereocenters. The lowest BCUT2D eigenvalue weighted by atomic mass is 10.0. The molecule has 2 amide bonds. The zero-order chi connectivity index (χ0) is 18.8. The molecule has 2 rings (SSSR count). The average molecular weight is 348 g/mol. The van der Waals surface area contributed by atoms with Crippen LogP contribution in [0.5, 0.6) is 5.75 Å². The molecular weight excluding hydrogens is 324 g/mol. The first kappa shape index (κ1) is 18.8. The van der Waals surface area contributed by atoms with E-state index in [-0.39, 0.29) is 17.2 Å². The second kappa shape index (κ2) is 7.13. The van der Waals surface area contributed by atoms with Gasteiger partial charge in [0.15, 0.2) is 0 Å². The molecule has 0 saturated heterocycles. The van der Waals surface area contributed by atoms with Crippen LogP contribution in [-0.4, -0.2) is 29.6 Å². The van der Waals surface area contributed by atoms with E-state index in [0.717, 1.165) is 0 Å². The third-order valence-corrected chi connectivity index (χ3v) is 3.38. The van der Waals surface area contributed by atoms with Gasteiger partial charge in [0.25, 0.3) is 5.91 Å². The fraction of sp³-hybridized carbons (Fsp3) is 0.500. The molecule has 136 valence electrons. The van der Waals surface area contributed by atoms with Crippen molar-refractivity contribution in [3.05, 3.63) is 23.8 Å². The predicted molar refractivity (Wildman–Crippen MR) is 92.6 cm³/mol. The van der Waals surface area contributed by atoms with Gasteiger partial charge in [0.05, 0.1) is 5.56 Å². The molecule has 1 atom stereocenters. The normalized spacial score (nSPS) is 17.3. The van der Waals surface area contributed by atoms with Crippen molar-refractivity contribution in [2.24, 2.45) is 5.92 Å². The number of amides is 2. The summed E-state index contributed by atoms with van der Waals surface area (Å²) in [5.41, 5.74) is -0.0677. The molecule has 0 aromatic heterocycles. The fourth-order valence-electron chi connectivity index (χ4n) is 2.40. The summed E-state index contributed by atoms with van der Waals surface area (Å²) in [6.07, 6.45) is -0.141. The van der Waals surface area contributed by atoms with Crippen LogP contribution in [0.2, 0.25) is 0 Å². The Morgan fingerprint density at radius 2 is 2.00 bits per heavy atom. The highest BCUT2D eigenvalue weighted by Crippen LogP contribution is 2.26. The number of hydrogen-bond acceptors (Lipinski definition) is 5. The van der Waals surface area contributed by atoms with Gasteiger partial charge in [-0.25, -0.2) is 9.59 Å². The van der Waals surface area contributed by atoms with Crippen LogP contribution in [0, 0.1) is 5.92 Å². The molecule has 0 fully saturated rings. The maximum absolute atomic E-state index is 12.4. The lowest BCUT2D eigenvalue weighted by molar-refractivity contribution is -0.136. The molecule has 2 N–H and O–H groups in total. The fourth-order valence-corrected chi connectivity index (χ4v) is 2.40. The second-order valence-electron chi connectivity index (χ2n) is 7.41. The Balaban J connectivity index is 2.19. The van der Waals surface area contributed by atoms with Crippen LogP contribution in [0.25, 0.3) is 0 Å². The highest BCUT2D eigenvalue weighted by molar-refractivity contribution is 6.03. The van der Waals surface area contributed by atoms with E-state index in [1.807, 2.05) is 13.8 Å². The summed E-state index contributed by atoms with van der Waals surface area (Å²) in [5.74, 6) is -0.514. The van der Waals surface area contributed by atoms with Gasteiger partial charge >= 0.3 is 12.1 Å². The van der Waals surface area contributed by atoms with Crippen molar-refractivity contribution in [2.45, 2.75) is 52.7 Å². The highest BCUT2D eigenvalue weighted by Gasteiger charge is 2.30. The van der Waals surface area contributed by atoms with Crippen LogP contribution in [0.3, 0.4) is 0 Å². The van der Waals surface area contributed by atoms with E-state index in [4.69, 9.17) is 9.47 Å². The molecule has 25 heavy (non-hydrogen) atoms. The number of anilines is 1. The smallest absolute Gasteiger partial charge is 0.412 e. The van der Waals surface area contributed by atoms with Crippen molar-refractivity contribution in [1.82, 2.24) is 5.32 Å². The molecule has 0 radical (unpaired) electrons. The molecule has 1 aliphatic rings. The average Bonchev–Trinajstić information content (AvgIpc) is 2.55. The summed E-state index contributed by atoms with van der Waals surface area (Å²) in [5, 5.41) is 5.24. The van der Waals surface area contributed by atoms with Crippen molar-refractivity contribution in [2.75, 3.05) is 5.32 Å². The number of carbonyl (C=O) groups excluding carboxylic acids is 3. The van der Waals surface area contributed by atoms with Crippen LogP contribution in [0.4, 0.5) is 10.5 Å². The third kappa shape index (κ3) is 5.20. The Kier molecular flexibility index (Phi) is 5.35. The van der Waals surface area contributed by atoms with Crippen LogP contribution in [-0.2, 0) is 9.53 Å². The Labute approximate surface area is 147 Å². The molecule has 0 bridgehead atoms. The van der Waals surface area contributed by atoms with Crippen molar-refractivity contribution in [1.29, 1.82) is 0 Å². The Morgan fingerprint density at radius 1 is 1.32 bits per heavy atom. The maximum Gasteiger partial charge on any atom is 0.412 e. The zero-order valence-corrected chi connectivity index (χ0v) is 15.1. The van der Waals surface area contributed by atoms with E-state index < -0.39 is 29.6 Å². The van der Waals surface area contributed by atoms with Gasteiger partial charge in [-0.05, 0) is 51.3 Å². The van der Waals surface area contributed by atoms with Crippen LogP contribution in [0.15, 0.2) is 18.2 Å². The van der Waals surface area contributed by atoms with E-state index in [0.29, 0.717) is 12.1 Å². The van der Waals surface area contributed by atoms with Crippen LogP contribution < -0.4 is 15.4 Å². The van der Waals surface area contributed by atoms with E-state index in [9.17, 15) is 14.4 Å². The minimum atomic E-state index is -0.692. The number of fused-ring (bicyclic) bond motifs is 1. The molecular formula is C18H24N2O5. The number of rotatable bonds is 3. The molecule has 1 aromatic carbocycles. The lowest BCUT2D eigenvalue weighted by Gasteiger charge is -2.19. The molecule has 1 aliphatic heterocycles. The number of esters is 1. The lowest BCUT2D eigenvalue weighted by Crippen LogP contribution is -2.41. The SMILES string of the molecule is CC(C)C[C@@H]1NC(=O)c2cc(NC(=O)OC(C)(C)C)ccc2OC1=O. The molecule has 7 heteroatoms. The summed E-state index contributed by atoms with van der Waals surface area (Å²) in [6, 6.07) is 3.80. The van der Waals surface area contributed by atoms with Gasteiger partial charge in [-0.3, -0.25) is 10.1 Å². The maximum atomic E-state index is 12.4. The molecule has 0 saturated carbocycles. The minimum absolute atomic E-state index is 0.170. The molecule has 1 aromatic rings.